The quantitative estimate of drug-likeness (QED) is 0.681. The molecule has 0 saturated carbocycles. The Bertz CT molecular complexity index is 229. The summed E-state index contributed by atoms with van der Waals surface area (Å²) in [5.74, 6) is 0. The molecule has 0 unspecified atom stereocenters. The topological polar surface area (TPSA) is 68.2 Å². The number of ether oxygens (including phenoxy) is 3. The molecule has 0 aromatic rings. The number of hydrogen-bond acceptors (Lipinski definition) is 5. The molecule has 0 aromatic heterocycles. The fraction of sp³-hybridized carbons (Fsp3) is 0.917. The first-order valence-corrected chi connectivity index (χ1v) is 6.49. The SMILES string of the molecule is CCOCCOC1CCN(C(=O)OCCO)CC1. The van der Waals surface area contributed by atoms with Gasteiger partial charge >= 0.3 is 6.09 Å². The second kappa shape index (κ2) is 9.13. The number of likely N-dealkylation sites (tertiary alicyclic amines) is 1. The standard InChI is InChI=1S/C12H23NO5/c1-2-16-9-10-17-11-3-5-13(6-4-11)12(15)18-8-7-14/h11,14H,2-10H2,1H3. The van der Waals surface area contributed by atoms with Crippen molar-refractivity contribution < 1.29 is 24.1 Å². The number of amides is 1. The molecule has 1 saturated heterocycles. The van der Waals surface area contributed by atoms with Gasteiger partial charge in [0.05, 0.1) is 25.9 Å². The Balaban J connectivity index is 2.10. The van der Waals surface area contributed by atoms with Gasteiger partial charge in [0, 0.05) is 19.7 Å². The zero-order valence-corrected chi connectivity index (χ0v) is 11.0. The lowest BCUT2D eigenvalue weighted by molar-refractivity contribution is -0.0209. The van der Waals surface area contributed by atoms with Gasteiger partial charge in [-0.3, -0.25) is 0 Å². The van der Waals surface area contributed by atoms with Gasteiger partial charge in [-0.15, -0.1) is 0 Å². The van der Waals surface area contributed by atoms with Crippen LogP contribution in [0.2, 0.25) is 0 Å². The maximum Gasteiger partial charge on any atom is 0.409 e. The number of carbonyl (C=O) groups excluding carboxylic acids is 1. The molecule has 106 valence electrons. The number of hydrogen-bond donors (Lipinski definition) is 1. The minimum absolute atomic E-state index is 0.0591. The maximum atomic E-state index is 11.5. The normalized spacial score (nSPS) is 16.9. The molecule has 0 spiro atoms. The van der Waals surface area contributed by atoms with Crippen molar-refractivity contribution in [3.63, 3.8) is 0 Å². The van der Waals surface area contributed by atoms with Gasteiger partial charge in [-0.2, -0.15) is 0 Å². The third-order valence-electron chi connectivity index (χ3n) is 2.80. The zero-order chi connectivity index (χ0) is 13.2. The fourth-order valence-corrected chi connectivity index (χ4v) is 1.85. The van der Waals surface area contributed by atoms with E-state index in [0.29, 0.717) is 32.9 Å². The van der Waals surface area contributed by atoms with E-state index >= 15 is 0 Å². The summed E-state index contributed by atoms with van der Waals surface area (Å²) in [4.78, 5) is 13.1. The smallest absolute Gasteiger partial charge is 0.409 e. The van der Waals surface area contributed by atoms with E-state index in [2.05, 4.69) is 0 Å². The Morgan fingerprint density at radius 2 is 2.00 bits per heavy atom. The lowest BCUT2D eigenvalue weighted by atomic mass is 10.1. The van der Waals surface area contributed by atoms with Crippen LogP contribution in [0.1, 0.15) is 19.8 Å². The van der Waals surface area contributed by atoms with Gasteiger partial charge in [0.25, 0.3) is 0 Å². The third kappa shape index (κ3) is 5.66. The maximum absolute atomic E-state index is 11.5. The lowest BCUT2D eigenvalue weighted by Gasteiger charge is -2.31. The average molecular weight is 261 g/mol. The Kier molecular flexibility index (Phi) is 7.71. The highest BCUT2D eigenvalue weighted by atomic mass is 16.6. The minimum atomic E-state index is -0.350. The van der Waals surface area contributed by atoms with Crippen LogP contribution in [-0.4, -0.2) is 68.3 Å². The second-order valence-corrected chi connectivity index (χ2v) is 4.09. The number of carbonyl (C=O) groups is 1. The minimum Gasteiger partial charge on any atom is -0.447 e. The number of rotatable bonds is 7. The molecule has 0 radical (unpaired) electrons. The lowest BCUT2D eigenvalue weighted by Crippen LogP contribution is -2.41. The molecule has 18 heavy (non-hydrogen) atoms. The molecule has 0 bridgehead atoms. The summed E-state index contributed by atoms with van der Waals surface area (Å²) >= 11 is 0. The summed E-state index contributed by atoms with van der Waals surface area (Å²) in [6.07, 6.45) is 1.49. The van der Waals surface area contributed by atoms with Gasteiger partial charge in [0.2, 0.25) is 0 Å². The van der Waals surface area contributed by atoms with Crippen molar-refractivity contribution in [3.05, 3.63) is 0 Å². The van der Waals surface area contributed by atoms with Crippen LogP contribution in [0.15, 0.2) is 0 Å². The van der Waals surface area contributed by atoms with Crippen molar-refractivity contribution in [3.8, 4) is 0 Å². The molecule has 0 aliphatic carbocycles. The van der Waals surface area contributed by atoms with Gasteiger partial charge in [-0.05, 0) is 19.8 Å². The highest BCUT2D eigenvalue weighted by Gasteiger charge is 2.23. The van der Waals surface area contributed by atoms with E-state index in [1.54, 1.807) is 4.90 Å². The Morgan fingerprint density at radius 1 is 1.28 bits per heavy atom. The molecule has 1 rings (SSSR count). The summed E-state index contributed by atoms with van der Waals surface area (Å²) in [5, 5.41) is 8.57. The monoisotopic (exact) mass is 261 g/mol. The van der Waals surface area contributed by atoms with Crippen molar-refractivity contribution >= 4 is 6.09 Å². The van der Waals surface area contributed by atoms with Gasteiger partial charge in [0.15, 0.2) is 0 Å². The molecule has 6 heteroatoms. The van der Waals surface area contributed by atoms with E-state index in [1.165, 1.54) is 0 Å². The predicted molar refractivity (Wildman–Crippen MR) is 65.5 cm³/mol. The average Bonchev–Trinajstić information content (AvgIpc) is 2.41. The van der Waals surface area contributed by atoms with E-state index in [4.69, 9.17) is 19.3 Å². The highest BCUT2D eigenvalue weighted by Crippen LogP contribution is 2.14. The van der Waals surface area contributed by atoms with Crippen molar-refractivity contribution in [2.75, 3.05) is 46.1 Å². The van der Waals surface area contributed by atoms with Crippen LogP contribution in [-0.2, 0) is 14.2 Å². The molecule has 1 fully saturated rings. The zero-order valence-electron chi connectivity index (χ0n) is 11.0. The molecule has 0 aromatic carbocycles. The van der Waals surface area contributed by atoms with Crippen LogP contribution < -0.4 is 0 Å². The molecule has 1 amide bonds. The number of nitrogens with zero attached hydrogens (tertiary/aromatic N) is 1. The van der Waals surface area contributed by atoms with Crippen molar-refractivity contribution in [2.24, 2.45) is 0 Å². The van der Waals surface area contributed by atoms with Gasteiger partial charge in [0.1, 0.15) is 6.61 Å². The van der Waals surface area contributed by atoms with Gasteiger partial charge in [-0.25, -0.2) is 4.79 Å². The van der Waals surface area contributed by atoms with Crippen LogP contribution in [0.3, 0.4) is 0 Å². The Labute approximate surface area is 108 Å². The predicted octanol–water partition coefficient (Wildman–Crippen LogP) is 0.633. The number of aliphatic hydroxyl groups is 1. The molecule has 1 N–H and O–H groups in total. The molecule has 1 aliphatic rings. The molecule has 0 atom stereocenters. The molecular formula is C12H23NO5. The first-order chi connectivity index (χ1) is 8.77. The molecule has 1 heterocycles. The van der Waals surface area contributed by atoms with Crippen molar-refractivity contribution in [2.45, 2.75) is 25.9 Å². The van der Waals surface area contributed by atoms with E-state index in [0.717, 1.165) is 12.8 Å². The molecular weight excluding hydrogens is 238 g/mol. The third-order valence-corrected chi connectivity index (χ3v) is 2.80. The summed E-state index contributed by atoms with van der Waals surface area (Å²) < 4.78 is 15.7. The Morgan fingerprint density at radius 3 is 2.61 bits per heavy atom. The van der Waals surface area contributed by atoms with Crippen molar-refractivity contribution in [1.82, 2.24) is 4.90 Å². The van der Waals surface area contributed by atoms with Crippen LogP contribution >= 0.6 is 0 Å². The highest BCUT2D eigenvalue weighted by molar-refractivity contribution is 5.67. The summed E-state index contributed by atoms with van der Waals surface area (Å²) in [6.45, 7) is 5.09. The molecule has 1 aliphatic heterocycles. The van der Waals surface area contributed by atoms with Crippen molar-refractivity contribution in [1.29, 1.82) is 0 Å². The first-order valence-electron chi connectivity index (χ1n) is 6.49. The van der Waals surface area contributed by atoms with E-state index in [1.807, 2.05) is 6.92 Å². The number of aliphatic hydroxyl groups excluding tert-OH is 1. The van der Waals surface area contributed by atoms with Gasteiger partial charge in [-0.1, -0.05) is 0 Å². The van der Waals surface area contributed by atoms with Gasteiger partial charge < -0.3 is 24.2 Å². The molecule has 6 nitrogen and oxygen atoms in total. The fourth-order valence-electron chi connectivity index (χ4n) is 1.85. The van der Waals surface area contributed by atoms with E-state index < -0.39 is 0 Å². The summed E-state index contributed by atoms with van der Waals surface area (Å²) in [7, 11) is 0. The second-order valence-electron chi connectivity index (χ2n) is 4.09. The van der Waals surface area contributed by atoms with Crippen LogP contribution in [0.5, 0.6) is 0 Å². The van der Waals surface area contributed by atoms with E-state index in [9.17, 15) is 4.79 Å². The van der Waals surface area contributed by atoms with Crippen LogP contribution in [0.4, 0.5) is 4.79 Å². The van der Waals surface area contributed by atoms with Crippen LogP contribution in [0, 0.1) is 0 Å². The first kappa shape index (κ1) is 15.2. The summed E-state index contributed by atoms with van der Waals surface area (Å²) in [5.41, 5.74) is 0. The number of piperidine rings is 1. The van der Waals surface area contributed by atoms with Crippen LogP contribution in [0.25, 0.3) is 0 Å². The Hall–Kier alpha value is -0.850. The summed E-state index contributed by atoms with van der Waals surface area (Å²) in [6, 6.07) is 0. The van der Waals surface area contributed by atoms with E-state index in [-0.39, 0.29) is 25.4 Å². The largest absolute Gasteiger partial charge is 0.447 e.